The third-order valence-corrected chi connectivity index (χ3v) is 9.44. The van der Waals surface area contributed by atoms with Crippen LogP contribution in [0.25, 0.3) is 0 Å². The first kappa shape index (κ1) is 37.8. The lowest BCUT2D eigenvalue weighted by Gasteiger charge is -2.22. The van der Waals surface area contributed by atoms with Crippen LogP contribution in [-0.2, 0) is 36.5 Å². The highest BCUT2D eigenvalue weighted by Gasteiger charge is 2.19. The van der Waals surface area contributed by atoms with Gasteiger partial charge in [0.15, 0.2) is 0 Å². The molecular formula is C48H52O4. The molecule has 0 radical (unpaired) electrons. The van der Waals surface area contributed by atoms with Gasteiger partial charge in [0.1, 0.15) is 23.0 Å². The Bertz CT molecular complexity index is 1930. The summed E-state index contributed by atoms with van der Waals surface area (Å²) < 4.78 is 0. The molecule has 0 saturated carbocycles. The molecule has 52 heavy (non-hydrogen) atoms. The van der Waals surface area contributed by atoms with Gasteiger partial charge in [0.25, 0.3) is 0 Å². The number of phenolic OH excluding ortho intramolecular Hbond substituents is 4. The molecule has 0 saturated heterocycles. The van der Waals surface area contributed by atoms with Crippen LogP contribution in [0.3, 0.4) is 0 Å². The fourth-order valence-electron chi connectivity index (χ4n) is 6.24. The molecule has 0 aliphatic rings. The summed E-state index contributed by atoms with van der Waals surface area (Å²) in [7, 11) is 0. The van der Waals surface area contributed by atoms with Gasteiger partial charge in [0.05, 0.1) is 0 Å². The van der Waals surface area contributed by atoms with Crippen LogP contribution in [0.4, 0.5) is 0 Å². The van der Waals surface area contributed by atoms with Crippen LogP contribution in [0.5, 0.6) is 23.0 Å². The monoisotopic (exact) mass is 692 g/mol. The molecule has 6 rings (SSSR count). The number of hydrogen-bond donors (Lipinski definition) is 4. The molecule has 4 N–H and O–H groups in total. The van der Waals surface area contributed by atoms with E-state index in [-0.39, 0.29) is 22.3 Å². The molecule has 0 aliphatic heterocycles. The summed E-state index contributed by atoms with van der Waals surface area (Å²) in [5.41, 5.74) is 10.6. The van der Waals surface area contributed by atoms with E-state index in [1.54, 1.807) is 24.3 Å². The summed E-state index contributed by atoms with van der Waals surface area (Å²) in [5.74, 6) is 1.21. The molecule has 6 aromatic carbocycles. The van der Waals surface area contributed by atoms with Gasteiger partial charge < -0.3 is 20.4 Å². The molecule has 0 aromatic heterocycles. The molecule has 6 aromatic rings. The topological polar surface area (TPSA) is 80.9 Å². The third-order valence-electron chi connectivity index (χ3n) is 9.44. The van der Waals surface area contributed by atoms with Crippen LogP contribution < -0.4 is 0 Å². The van der Waals surface area contributed by atoms with Crippen LogP contribution in [-0.4, -0.2) is 20.4 Å². The van der Waals surface area contributed by atoms with Gasteiger partial charge in [0, 0.05) is 19.3 Å². The maximum absolute atomic E-state index is 10.3. The molecular weight excluding hydrogens is 641 g/mol. The highest BCUT2D eigenvalue weighted by Crippen LogP contribution is 2.33. The molecule has 268 valence electrons. The lowest BCUT2D eigenvalue weighted by Crippen LogP contribution is -2.12. The molecule has 4 heteroatoms. The van der Waals surface area contributed by atoms with Crippen molar-refractivity contribution in [1.82, 2.24) is 0 Å². The summed E-state index contributed by atoms with van der Waals surface area (Å²) in [4.78, 5) is 0. The molecule has 4 nitrogen and oxygen atoms in total. The molecule has 0 unspecified atom stereocenters. The van der Waals surface area contributed by atoms with Crippen molar-refractivity contribution in [1.29, 1.82) is 0 Å². The van der Waals surface area contributed by atoms with Gasteiger partial charge in [0.2, 0.25) is 0 Å². The molecule has 0 aliphatic carbocycles. The average Bonchev–Trinajstić information content (AvgIpc) is 3.10. The zero-order chi connectivity index (χ0) is 37.5. The first-order valence-corrected chi connectivity index (χ1v) is 18.0. The smallest absolute Gasteiger partial charge is 0.119 e. The lowest BCUT2D eigenvalue weighted by atomic mass is 9.84. The van der Waals surface area contributed by atoms with Crippen molar-refractivity contribution in [2.24, 2.45) is 0 Å². The molecule has 0 fully saturated rings. The van der Waals surface area contributed by atoms with E-state index in [4.69, 9.17) is 0 Å². The Morgan fingerprint density at radius 3 is 1.00 bits per heavy atom. The lowest BCUT2D eigenvalue weighted by molar-refractivity contribution is 0.461. The SMILES string of the molecule is CC(C)(C)c1ccc(O)c(Cc2cc(C(C)(C)C)ccc2O)c1.Oc1ccc(Cc2ccc(O)c(Cc3ccccc3)c2)cc1Cc1ccccc1. The van der Waals surface area contributed by atoms with Crippen LogP contribution in [0, 0.1) is 0 Å². The van der Waals surface area contributed by atoms with E-state index in [1.807, 2.05) is 72.8 Å². The van der Waals surface area contributed by atoms with Gasteiger partial charge in [-0.25, -0.2) is 0 Å². The number of phenols is 4. The minimum absolute atomic E-state index is 0.0255. The highest BCUT2D eigenvalue weighted by molar-refractivity contribution is 5.47. The molecule has 0 amide bonds. The largest absolute Gasteiger partial charge is 0.508 e. The van der Waals surface area contributed by atoms with E-state index < -0.39 is 0 Å². The van der Waals surface area contributed by atoms with E-state index in [0.29, 0.717) is 30.8 Å². The molecule has 0 atom stereocenters. The fourth-order valence-corrected chi connectivity index (χ4v) is 6.24. The van der Waals surface area contributed by atoms with Crippen LogP contribution in [0.2, 0.25) is 0 Å². The Balaban J connectivity index is 0.000000207. The number of rotatable bonds is 8. The van der Waals surface area contributed by atoms with E-state index in [9.17, 15) is 20.4 Å². The van der Waals surface area contributed by atoms with Gasteiger partial charge in [-0.3, -0.25) is 0 Å². The summed E-state index contributed by atoms with van der Waals surface area (Å²) in [6.45, 7) is 12.9. The van der Waals surface area contributed by atoms with Crippen molar-refractivity contribution in [3.63, 3.8) is 0 Å². The van der Waals surface area contributed by atoms with Crippen LogP contribution in [0.15, 0.2) is 133 Å². The summed E-state index contributed by atoms with van der Waals surface area (Å²) in [5, 5.41) is 40.9. The zero-order valence-electron chi connectivity index (χ0n) is 31.3. The van der Waals surface area contributed by atoms with Gasteiger partial charge in [-0.05, 0) is 97.2 Å². The summed E-state index contributed by atoms with van der Waals surface area (Å²) in [6.07, 6.45) is 2.68. The van der Waals surface area contributed by atoms with Crippen LogP contribution in [0.1, 0.15) is 97.2 Å². The normalized spacial score (nSPS) is 11.5. The van der Waals surface area contributed by atoms with Gasteiger partial charge in [-0.15, -0.1) is 0 Å². The standard InChI is InChI=1S/C27H24O2.C21H28O2/c28-26-13-11-22(18-24(26)16-20-7-3-1-4-8-20)15-23-12-14-27(29)25(19-23)17-21-9-5-2-6-10-21;1-20(2,3)16-7-9-18(22)14(12-16)11-15-13-17(21(4,5)6)8-10-19(15)23/h1-14,18-19,28-29H,15-17H2;7-10,12-13,22-23H,11H2,1-6H3. The van der Waals surface area contributed by atoms with Crippen molar-refractivity contribution < 1.29 is 20.4 Å². The fraction of sp³-hybridized carbons (Fsp3) is 0.250. The second-order valence-corrected chi connectivity index (χ2v) is 15.8. The molecule has 0 bridgehead atoms. The Morgan fingerprint density at radius 2 is 0.654 bits per heavy atom. The van der Waals surface area contributed by atoms with Crippen molar-refractivity contribution in [2.75, 3.05) is 0 Å². The maximum Gasteiger partial charge on any atom is 0.119 e. The van der Waals surface area contributed by atoms with Crippen molar-refractivity contribution >= 4 is 0 Å². The predicted octanol–water partition coefficient (Wildman–Crippen LogP) is 11.2. The Hall–Kier alpha value is -5.48. The Labute approximate surface area is 309 Å². The van der Waals surface area contributed by atoms with Gasteiger partial charge in [-0.2, -0.15) is 0 Å². The minimum atomic E-state index is 0.0255. The number of benzene rings is 6. The predicted molar refractivity (Wildman–Crippen MR) is 214 cm³/mol. The second kappa shape index (κ2) is 16.2. The van der Waals surface area contributed by atoms with E-state index in [1.165, 1.54) is 22.3 Å². The van der Waals surface area contributed by atoms with E-state index in [2.05, 4.69) is 77.9 Å². The quantitative estimate of drug-likeness (QED) is 0.128. The zero-order valence-corrected chi connectivity index (χ0v) is 31.3. The summed E-state index contributed by atoms with van der Waals surface area (Å²) >= 11 is 0. The maximum atomic E-state index is 10.3. The third kappa shape index (κ3) is 10.3. The molecule has 0 heterocycles. The number of aromatic hydroxyl groups is 4. The second-order valence-electron chi connectivity index (χ2n) is 15.8. The Kier molecular flexibility index (Phi) is 11.8. The first-order chi connectivity index (χ1) is 24.7. The Morgan fingerprint density at radius 1 is 0.327 bits per heavy atom. The van der Waals surface area contributed by atoms with Crippen molar-refractivity contribution in [3.05, 3.63) is 189 Å². The minimum Gasteiger partial charge on any atom is -0.508 e. The van der Waals surface area contributed by atoms with Crippen molar-refractivity contribution in [3.8, 4) is 23.0 Å². The first-order valence-electron chi connectivity index (χ1n) is 18.0. The molecule has 0 spiro atoms. The van der Waals surface area contributed by atoms with E-state index >= 15 is 0 Å². The van der Waals surface area contributed by atoms with E-state index in [0.717, 1.165) is 39.8 Å². The van der Waals surface area contributed by atoms with Gasteiger partial charge in [-0.1, -0.05) is 151 Å². The average molecular weight is 693 g/mol. The number of hydrogen-bond acceptors (Lipinski definition) is 4. The van der Waals surface area contributed by atoms with Crippen molar-refractivity contribution in [2.45, 2.75) is 78.1 Å². The summed E-state index contributed by atoms with van der Waals surface area (Å²) in [6, 6.07) is 43.5. The highest BCUT2D eigenvalue weighted by atomic mass is 16.3. The van der Waals surface area contributed by atoms with Crippen LogP contribution >= 0.6 is 0 Å². The van der Waals surface area contributed by atoms with Gasteiger partial charge >= 0.3 is 0 Å².